The number of β-amino-alcohol motifs (C(OH)–C–C–N with tert-alkyl or cyclic N) is 1. The van der Waals surface area contributed by atoms with Crippen LogP contribution in [0.1, 0.15) is 21.6 Å². The summed E-state index contributed by atoms with van der Waals surface area (Å²) in [6.45, 7) is 3.02. The van der Waals surface area contributed by atoms with Crippen LogP contribution in [0.5, 0.6) is 0 Å². The molecule has 1 aromatic heterocycles. The van der Waals surface area contributed by atoms with E-state index in [1.807, 2.05) is 11.9 Å². The van der Waals surface area contributed by atoms with Gasteiger partial charge in [-0.15, -0.1) is 0 Å². The minimum absolute atomic E-state index is 0.171. The fourth-order valence-electron chi connectivity index (χ4n) is 3.13. The zero-order valence-electron chi connectivity index (χ0n) is 14.3. The van der Waals surface area contributed by atoms with Crippen molar-refractivity contribution in [1.29, 1.82) is 0 Å². The molecule has 2 aromatic rings. The maximum Gasteiger partial charge on any atom is 0.257 e. The van der Waals surface area contributed by atoms with Crippen LogP contribution in [0.25, 0.3) is 0 Å². The molecule has 1 fully saturated rings. The number of carbonyl (C=O) groups is 1. The summed E-state index contributed by atoms with van der Waals surface area (Å²) in [5.41, 5.74) is 2.03. The van der Waals surface area contributed by atoms with Gasteiger partial charge in [-0.25, -0.2) is 14.4 Å². The van der Waals surface area contributed by atoms with E-state index in [0.29, 0.717) is 24.3 Å². The van der Waals surface area contributed by atoms with Crippen LogP contribution in [0.2, 0.25) is 0 Å². The molecule has 0 spiro atoms. The van der Waals surface area contributed by atoms with Crippen LogP contribution in [0.4, 0.5) is 4.39 Å². The summed E-state index contributed by atoms with van der Waals surface area (Å²) in [6.07, 6.45) is 2.27. The molecule has 25 heavy (non-hydrogen) atoms. The van der Waals surface area contributed by atoms with Crippen molar-refractivity contribution in [3.8, 4) is 0 Å². The van der Waals surface area contributed by atoms with Gasteiger partial charge in [-0.05, 0) is 31.7 Å². The van der Waals surface area contributed by atoms with Crippen LogP contribution in [0, 0.1) is 12.7 Å². The summed E-state index contributed by atoms with van der Waals surface area (Å²) in [5.74, 6) is -0.445. The zero-order chi connectivity index (χ0) is 18.0. The van der Waals surface area contributed by atoms with Gasteiger partial charge in [0.2, 0.25) is 0 Å². The molecule has 0 aliphatic carbocycles. The highest BCUT2D eigenvalue weighted by atomic mass is 19.1. The summed E-state index contributed by atoms with van der Waals surface area (Å²) >= 11 is 0. The average molecular weight is 344 g/mol. The van der Waals surface area contributed by atoms with Crippen molar-refractivity contribution < 1.29 is 14.3 Å². The number of nitrogens with zero attached hydrogens (tertiary/aromatic N) is 4. The zero-order valence-corrected chi connectivity index (χ0v) is 14.3. The molecule has 0 unspecified atom stereocenters. The van der Waals surface area contributed by atoms with Crippen LogP contribution < -0.4 is 0 Å². The molecule has 3 rings (SSSR count). The predicted octanol–water partition coefficient (Wildman–Crippen LogP) is 1.24. The van der Waals surface area contributed by atoms with Crippen LogP contribution in [-0.2, 0) is 6.54 Å². The molecule has 1 aliphatic heterocycles. The van der Waals surface area contributed by atoms with E-state index in [-0.39, 0.29) is 24.3 Å². The minimum atomic E-state index is -0.640. The van der Waals surface area contributed by atoms with Gasteiger partial charge < -0.3 is 10.0 Å². The predicted molar refractivity (Wildman–Crippen MR) is 90.3 cm³/mol. The fourth-order valence-corrected chi connectivity index (χ4v) is 3.13. The monoisotopic (exact) mass is 344 g/mol. The first-order chi connectivity index (χ1) is 12.0. The number of hydrogen-bond acceptors (Lipinski definition) is 5. The van der Waals surface area contributed by atoms with Gasteiger partial charge in [0.25, 0.3) is 5.91 Å². The third-order valence-corrected chi connectivity index (χ3v) is 4.60. The number of hydrogen-bond donors (Lipinski definition) is 1. The van der Waals surface area contributed by atoms with E-state index in [2.05, 4.69) is 9.97 Å². The Bertz CT molecular complexity index is 753. The highest BCUT2D eigenvalue weighted by molar-refractivity contribution is 5.95. The molecule has 1 aromatic carbocycles. The lowest BCUT2D eigenvalue weighted by Crippen LogP contribution is -2.40. The first-order valence-corrected chi connectivity index (χ1v) is 8.14. The second-order valence-corrected chi connectivity index (χ2v) is 6.41. The number of carbonyl (C=O) groups excluding carboxylic acids is 1. The lowest BCUT2D eigenvalue weighted by Gasteiger charge is -2.26. The van der Waals surface area contributed by atoms with Gasteiger partial charge >= 0.3 is 0 Å². The Kier molecular flexibility index (Phi) is 5.06. The Morgan fingerprint density at radius 1 is 1.36 bits per heavy atom. The molecule has 2 heterocycles. The lowest BCUT2D eigenvalue weighted by molar-refractivity contribution is 0.0761. The number of aliphatic hydroxyl groups excluding tert-OH is 1. The molecule has 0 bridgehead atoms. The molecule has 1 saturated heterocycles. The van der Waals surface area contributed by atoms with Gasteiger partial charge in [-0.1, -0.05) is 12.1 Å². The van der Waals surface area contributed by atoms with Gasteiger partial charge in [0.1, 0.15) is 12.1 Å². The number of likely N-dealkylation sites (N-methyl/N-ethyl adjacent to an activating group) is 1. The van der Waals surface area contributed by atoms with Crippen molar-refractivity contribution in [2.75, 3.05) is 20.1 Å². The largest absolute Gasteiger partial charge is 0.390 e. The Balaban J connectivity index is 1.67. The molecule has 1 amide bonds. The van der Waals surface area contributed by atoms with Crippen LogP contribution >= 0.6 is 0 Å². The van der Waals surface area contributed by atoms with E-state index >= 15 is 0 Å². The Hall–Kier alpha value is -2.38. The van der Waals surface area contributed by atoms with Gasteiger partial charge in [0.05, 0.1) is 23.4 Å². The van der Waals surface area contributed by atoms with Crippen LogP contribution in [0.15, 0.2) is 36.8 Å². The third-order valence-electron chi connectivity index (χ3n) is 4.60. The van der Waals surface area contributed by atoms with Crippen molar-refractivity contribution >= 4 is 5.91 Å². The smallest absolute Gasteiger partial charge is 0.257 e. The lowest BCUT2D eigenvalue weighted by atomic mass is 10.1. The highest BCUT2D eigenvalue weighted by Gasteiger charge is 2.37. The molecule has 0 saturated carbocycles. The van der Waals surface area contributed by atoms with Crippen molar-refractivity contribution in [2.45, 2.75) is 25.6 Å². The number of likely N-dealkylation sites (tertiary alicyclic amines) is 1. The van der Waals surface area contributed by atoms with E-state index in [9.17, 15) is 14.3 Å². The first-order valence-electron chi connectivity index (χ1n) is 8.14. The number of amides is 1. The van der Waals surface area contributed by atoms with Crippen molar-refractivity contribution in [2.24, 2.45) is 0 Å². The molecule has 1 aliphatic rings. The molecule has 1 N–H and O–H groups in total. The fraction of sp³-hybridized carbons (Fsp3) is 0.389. The van der Waals surface area contributed by atoms with Gasteiger partial charge in [-0.3, -0.25) is 9.69 Å². The van der Waals surface area contributed by atoms with E-state index < -0.39 is 6.10 Å². The van der Waals surface area contributed by atoms with E-state index in [1.54, 1.807) is 24.0 Å². The Morgan fingerprint density at radius 2 is 2.08 bits per heavy atom. The summed E-state index contributed by atoms with van der Waals surface area (Å²) in [5, 5.41) is 10.4. The van der Waals surface area contributed by atoms with E-state index in [0.717, 1.165) is 5.56 Å². The van der Waals surface area contributed by atoms with E-state index in [1.165, 1.54) is 24.7 Å². The average Bonchev–Trinajstić information content (AvgIpc) is 2.99. The molecule has 132 valence electrons. The van der Waals surface area contributed by atoms with Crippen molar-refractivity contribution in [1.82, 2.24) is 19.8 Å². The van der Waals surface area contributed by atoms with Crippen molar-refractivity contribution in [3.05, 3.63) is 59.4 Å². The molecule has 7 heteroatoms. The Labute approximate surface area is 145 Å². The second-order valence-electron chi connectivity index (χ2n) is 6.41. The number of rotatable bonds is 4. The third kappa shape index (κ3) is 3.83. The summed E-state index contributed by atoms with van der Waals surface area (Å²) < 4.78 is 13.0. The maximum atomic E-state index is 13.0. The van der Waals surface area contributed by atoms with Gasteiger partial charge in [0.15, 0.2) is 0 Å². The summed E-state index contributed by atoms with van der Waals surface area (Å²) in [6, 6.07) is 6.10. The normalized spacial score (nSPS) is 20.3. The molecule has 0 radical (unpaired) electrons. The highest BCUT2D eigenvalue weighted by Crippen LogP contribution is 2.20. The number of benzene rings is 1. The maximum absolute atomic E-state index is 13.0. The summed E-state index contributed by atoms with van der Waals surface area (Å²) in [4.78, 5) is 24.2. The minimum Gasteiger partial charge on any atom is -0.390 e. The molecular weight excluding hydrogens is 323 g/mol. The van der Waals surface area contributed by atoms with Crippen LogP contribution in [0.3, 0.4) is 0 Å². The van der Waals surface area contributed by atoms with Crippen LogP contribution in [-0.4, -0.2) is 63.1 Å². The molecular formula is C18H21FN4O2. The van der Waals surface area contributed by atoms with Gasteiger partial charge in [-0.2, -0.15) is 0 Å². The SMILES string of the molecule is Cc1ncncc1C(=O)N1C[C@@H](O)[C@H](N(C)Cc2ccc(F)cc2)C1. The number of halogens is 1. The number of aryl methyl sites for hydroxylation is 1. The van der Waals surface area contributed by atoms with Crippen molar-refractivity contribution in [3.63, 3.8) is 0 Å². The van der Waals surface area contributed by atoms with E-state index in [4.69, 9.17) is 0 Å². The number of aliphatic hydroxyl groups is 1. The summed E-state index contributed by atoms with van der Waals surface area (Å²) in [7, 11) is 1.89. The number of aromatic nitrogens is 2. The topological polar surface area (TPSA) is 69.6 Å². The first kappa shape index (κ1) is 17.4. The molecule has 6 nitrogen and oxygen atoms in total. The Morgan fingerprint density at radius 3 is 2.76 bits per heavy atom. The second kappa shape index (κ2) is 7.25. The molecule has 2 atom stereocenters. The quantitative estimate of drug-likeness (QED) is 0.904. The van der Waals surface area contributed by atoms with Gasteiger partial charge in [0, 0.05) is 25.8 Å². The standard InChI is InChI=1S/C18H21FN4O2/c1-12-15(7-20-11-21-12)18(25)23-9-16(17(24)10-23)22(2)8-13-3-5-14(19)6-4-13/h3-7,11,16-17,24H,8-10H2,1-2H3/t16-,17-/m1/s1.